The first-order valence-electron chi connectivity index (χ1n) is 23.0. The van der Waals surface area contributed by atoms with Gasteiger partial charge in [-0.3, -0.25) is 14.2 Å². The molecule has 58 heavy (non-hydrogen) atoms. The van der Waals surface area contributed by atoms with Crippen molar-refractivity contribution in [3.8, 4) is 0 Å². The minimum absolute atomic E-state index is 0.0424. The minimum Gasteiger partial charge on any atom is -0.756 e. The quantitative estimate of drug-likeness (QED) is 0.0197. The highest BCUT2D eigenvalue weighted by molar-refractivity contribution is 7.45. The number of likely N-dealkylation sites (N-methyl/N-ethyl adjacent to an activating group) is 1. The van der Waals surface area contributed by atoms with Crippen LogP contribution in [0.15, 0.2) is 60.8 Å². The number of esters is 2. The first-order chi connectivity index (χ1) is 28.0. The highest BCUT2D eigenvalue weighted by Crippen LogP contribution is 2.38. The molecule has 0 radical (unpaired) electrons. The zero-order valence-corrected chi connectivity index (χ0v) is 38.6. The molecule has 0 fully saturated rings. The molecule has 0 heterocycles. The molecule has 0 aromatic rings. The second-order valence-electron chi connectivity index (χ2n) is 16.4. The zero-order valence-electron chi connectivity index (χ0n) is 37.7. The number of hydrogen-bond donors (Lipinski definition) is 0. The fraction of sp³-hybridized carbons (Fsp3) is 0.750. The van der Waals surface area contributed by atoms with Crippen LogP contribution in [-0.2, 0) is 32.7 Å². The molecule has 10 heteroatoms. The molecule has 0 rings (SSSR count). The van der Waals surface area contributed by atoms with Crippen LogP contribution in [0.5, 0.6) is 0 Å². The van der Waals surface area contributed by atoms with Gasteiger partial charge in [-0.2, -0.15) is 0 Å². The molecule has 0 aliphatic heterocycles. The van der Waals surface area contributed by atoms with Crippen molar-refractivity contribution in [2.45, 2.75) is 187 Å². The lowest BCUT2D eigenvalue weighted by Gasteiger charge is -2.28. The van der Waals surface area contributed by atoms with Crippen molar-refractivity contribution in [1.82, 2.24) is 0 Å². The number of phosphoric ester groups is 1. The second-order valence-corrected chi connectivity index (χ2v) is 17.8. The summed E-state index contributed by atoms with van der Waals surface area (Å²) in [5, 5.41) is 0. The van der Waals surface area contributed by atoms with Crippen LogP contribution in [0.25, 0.3) is 0 Å². The summed E-state index contributed by atoms with van der Waals surface area (Å²) in [4.78, 5) is 37.5. The molecule has 1 unspecified atom stereocenters. The minimum atomic E-state index is -4.64. The van der Waals surface area contributed by atoms with E-state index < -0.39 is 32.5 Å². The molecule has 0 aliphatic carbocycles. The van der Waals surface area contributed by atoms with E-state index in [0.29, 0.717) is 23.9 Å². The Bertz CT molecular complexity index is 1170. The van der Waals surface area contributed by atoms with E-state index in [9.17, 15) is 19.0 Å². The Morgan fingerprint density at radius 1 is 0.534 bits per heavy atom. The topological polar surface area (TPSA) is 111 Å². The predicted octanol–water partition coefficient (Wildman–Crippen LogP) is 12.6. The SMILES string of the molecule is CCCCC/C=C/C/C=C/C/C=C/C/C=C/CCCCCC(=O)O[C@H](COC(=O)CCCC/C=C/CCCCCCCCCCC)COP(=O)([O-])OCC[N+](C)(C)C. The van der Waals surface area contributed by atoms with Gasteiger partial charge >= 0.3 is 11.9 Å². The van der Waals surface area contributed by atoms with E-state index in [4.69, 9.17) is 18.5 Å². The van der Waals surface area contributed by atoms with E-state index in [1.807, 2.05) is 21.1 Å². The highest BCUT2D eigenvalue weighted by Gasteiger charge is 2.21. The van der Waals surface area contributed by atoms with Crippen LogP contribution >= 0.6 is 7.82 Å². The number of unbranched alkanes of at least 4 members (excludes halogenated alkanes) is 17. The molecular formula is C48H86NO8P. The van der Waals surface area contributed by atoms with Crippen molar-refractivity contribution in [2.24, 2.45) is 0 Å². The van der Waals surface area contributed by atoms with Crippen molar-refractivity contribution in [1.29, 1.82) is 0 Å². The van der Waals surface area contributed by atoms with Crippen LogP contribution in [0.2, 0.25) is 0 Å². The summed E-state index contributed by atoms with van der Waals surface area (Å²) in [5.74, 6) is -0.899. The van der Waals surface area contributed by atoms with Crippen LogP contribution in [0, 0.1) is 0 Å². The number of quaternary nitrogens is 1. The van der Waals surface area contributed by atoms with Gasteiger partial charge in [-0.05, 0) is 83.5 Å². The molecule has 9 nitrogen and oxygen atoms in total. The van der Waals surface area contributed by atoms with Gasteiger partial charge < -0.3 is 27.9 Å². The van der Waals surface area contributed by atoms with Gasteiger partial charge in [0.2, 0.25) is 0 Å². The number of phosphoric acid groups is 1. The van der Waals surface area contributed by atoms with Gasteiger partial charge in [0.15, 0.2) is 6.10 Å². The van der Waals surface area contributed by atoms with Crippen molar-refractivity contribution < 1.29 is 42.1 Å². The van der Waals surface area contributed by atoms with Crippen LogP contribution < -0.4 is 4.89 Å². The number of allylic oxidation sites excluding steroid dienone is 10. The Hall–Kier alpha value is -2.29. The van der Waals surface area contributed by atoms with Crippen LogP contribution in [0.3, 0.4) is 0 Å². The first-order valence-corrected chi connectivity index (χ1v) is 24.5. The van der Waals surface area contributed by atoms with Crippen LogP contribution in [0.1, 0.15) is 181 Å². The lowest BCUT2D eigenvalue weighted by molar-refractivity contribution is -0.870. The number of ether oxygens (including phenoxy) is 2. The molecule has 0 N–H and O–H groups in total. The molecule has 0 amide bonds. The summed E-state index contributed by atoms with van der Waals surface area (Å²) >= 11 is 0. The number of rotatable bonds is 41. The van der Waals surface area contributed by atoms with Gasteiger partial charge in [0, 0.05) is 12.8 Å². The Morgan fingerprint density at radius 2 is 0.931 bits per heavy atom. The van der Waals surface area contributed by atoms with E-state index >= 15 is 0 Å². The van der Waals surface area contributed by atoms with Crippen molar-refractivity contribution in [3.05, 3.63) is 60.8 Å². The van der Waals surface area contributed by atoms with Crippen LogP contribution in [-0.4, -0.2) is 70.0 Å². The van der Waals surface area contributed by atoms with Gasteiger partial charge in [0.25, 0.3) is 7.82 Å². The average Bonchev–Trinajstić information content (AvgIpc) is 3.17. The summed E-state index contributed by atoms with van der Waals surface area (Å²) in [7, 11) is 1.13. The summed E-state index contributed by atoms with van der Waals surface area (Å²) < 4.78 is 33.9. The largest absolute Gasteiger partial charge is 0.756 e. The maximum absolute atomic E-state index is 12.7. The summed E-state index contributed by atoms with van der Waals surface area (Å²) in [5.41, 5.74) is 0. The zero-order chi connectivity index (χ0) is 42.8. The van der Waals surface area contributed by atoms with Crippen molar-refractivity contribution in [2.75, 3.05) is 47.5 Å². The van der Waals surface area contributed by atoms with E-state index in [0.717, 1.165) is 57.8 Å². The maximum atomic E-state index is 12.7. The molecule has 0 bridgehead atoms. The van der Waals surface area contributed by atoms with E-state index in [1.165, 1.54) is 83.5 Å². The van der Waals surface area contributed by atoms with Gasteiger partial charge in [-0.15, -0.1) is 0 Å². The fourth-order valence-electron chi connectivity index (χ4n) is 5.87. The summed E-state index contributed by atoms with van der Waals surface area (Å²) in [6.45, 7) is 4.13. The van der Waals surface area contributed by atoms with E-state index in [-0.39, 0.29) is 26.1 Å². The molecule has 2 atom stereocenters. The molecule has 0 aromatic heterocycles. The lowest BCUT2D eigenvalue weighted by Crippen LogP contribution is -2.37. The number of carbonyl (C=O) groups excluding carboxylic acids is 2. The second kappa shape index (κ2) is 40.1. The molecule has 0 aliphatic rings. The molecule has 0 saturated heterocycles. The smallest absolute Gasteiger partial charge is 0.306 e. The van der Waals surface area contributed by atoms with E-state index in [1.54, 1.807) is 0 Å². The van der Waals surface area contributed by atoms with Gasteiger partial charge in [-0.1, -0.05) is 145 Å². The summed E-state index contributed by atoms with van der Waals surface area (Å²) in [6, 6.07) is 0. The lowest BCUT2D eigenvalue weighted by atomic mass is 10.1. The molecular weight excluding hydrogens is 750 g/mol. The Labute approximate surface area is 356 Å². The predicted molar refractivity (Wildman–Crippen MR) is 240 cm³/mol. The monoisotopic (exact) mass is 836 g/mol. The number of nitrogens with zero attached hydrogens (tertiary/aromatic N) is 1. The Balaban J connectivity index is 4.44. The number of hydrogen-bond acceptors (Lipinski definition) is 8. The standard InChI is InChI=1S/C48H86NO8P/c1-6-8-10-12-14-16-18-20-22-23-24-25-27-29-31-33-35-37-39-41-48(51)57-46(45-56-58(52,53)55-43-42-49(3,4)5)44-54-47(50)40-38-36-34-32-30-28-26-21-19-17-15-13-11-9-7-2/h14,16,20,22,24-25,29-32,46H,6-13,15,17-19,21,23,26-28,33-45H2,1-5H3/b16-14+,22-20+,25-24+,31-29+,32-30+/t46-/m1/s1. The van der Waals surface area contributed by atoms with Crippen molar-refractivity contribution in [3.63, 3.8) is 0 Å². The summed E-state index contributed by atoms with van der Waals surface area (Å²) in [6.07, 6.45) is 48.2. The Kier molecular flexibility index (Phi) is 38.5. The normalized spacial score (nSPS) is 14.1. The molecule has 0 saturated carbocycles. The van der Waals surface area contributed by atoms with Gasteiger partial charge in [-0.25, -0.2) is 0 Å². The third kappa shape index (κ3) is 43.3. The molecule has 0 aromatic carbocycles. The Morgan fingerprint density at radius 3 is 1.47 bits per heavy atom. The third-order valence-corrected chi connectivity index (χ3v) is 10.5. The van der Waals surface area contributed by atoms with Gasteiger partial charge in [0.05, 0.1) is 27.7 Å². The average molecular weight is 836 g/mol. The molecule has 0 spiro atoms. The first kappa shape index (κ1) is 55.7. The maximum Gasteiger partial charge on any atom is 0.306 e. The highest BCUT2D eigenvalue weighted by atomic mass is 31.2. The van der Waals surface area contributed by atoms with Gasteiger partial charge in [0.1, 0.15) is 19.8 Å². The fourth-order valence-corrected chi connectivity index (χ4v) is 6.60. The third-order valence-electron chi connectivity index (χ3n) is 9.51. The van der Waals surface area contributed by atoms with E-state index in [2.05, 4.69) is 74.6 Å². The molecule has 336 valence electrons. The number of carbonyl (C=O) groups is 2. The van der Waals surface area contributed by atoms with Crippen LogP contribution in [0.4, 0.5) is 0 Å². The van der Waals surface area contributed by atoms with Crippen molar-refractivity contribution >= 4 is 19.8 Å².